The summed E-state index contributed by atoms with van der Waals surface area (Å²) in [7, 11) is 0. The molecule has 0 saturated heterocycles. The van der Waals surface area contributed by atoms with Gasteiger partial charge in [0.25, 0.3) is 0 Å². The van der Waals surface area contributed by atoms with Gasteiger partial charge in [-0.15, -0.1) is 0 Å². The first-order chi connectivity index (χ1) is 11.3. The van der Waals surface area contributed by atoms with E-state index in [9.17, 15) is 14.3 Å². The Morgan fingerprint density at radius 1 is 1.29 bits per heavy atom. The number of aryl methyl sites for hydroxylation is 1. The van der Waals surface area contributed by atoms with Crippen molar-refractivity contribution in [1.82, 2.24) is 0 Å². The maximum absolute atomic E-state index is 13.5. The van der Waals surface area contributed by atoms with Gasteiger partial charge in [-0.3, -0.25) is 4.79 Å². The Bertz CT molecular complexity index is 681. The zero-order valence-corrected chi connectivity index (χ0v) is 15.2. The van der Waals surface area contributed by atoms with Crippen molar-refractivity contribution in [2.45, 2.75) is 53.4 Å². The molecule has 0 bridgehead atoms. The van der Waals surface area contributed by atoms with Crippen LogP contribution in [0.5, 0.6) is 0 Å². The van der Waals surface area contributed by atoms with E-state index >= 15 is 0 Å². The van der Waals surface area contributed by atoms with Crippen molar-refractivity contribution in [3.63, 3.8) is 0 Å². The summed E-state index contributed by atoms with van der Waals surface area (Å²) in [5, 5.41) is 9.30. The molecule has 130 valence electrons. The van der Waals surface area contributed by atoms with Gasteiger partial charge in [-0.05, 0) is 56.9 Å². The van der Waals surface area contributed by atoms with Crippen LogP contribution in [0.15, 0.2) is 53.1 Å². The van der Waals surface area contributed by atoms with Gasteiger partial charge in [0.1, 0.15) is 5.82 Å². The molecule has 24 heavy (non-hydrogen) atoms. The largest absolute Gasteiger partial charge is 0.481 e. The second-order valence-electron chi connectivity index (χ2n) is 6.18. The number of benzene rings is 1. The third kappa shape index (κ3) is 5.80. The molecule has 0 aliphatic heterocycles. The monoisotopic (exact) mass is 330 g/mol. The molecule has 1 rings (SSSR count). The zero-order chi connectivity index (χ0) is 18.3. The molecule has 0 aliphatic carbocycles. The van der Waals surface area contributed by atoms with Crippen LogP contribution < -0.4 is 0 Å². The highest BCUT2D eigenvalue weighted by atomic mass is 19.1. The third-order valence-electron chi connectivity index (χ3n) is 4.12. The molecule has 0 spiro atoms. The number of halogens is 1. The molecule has 0 radical (unpaired) electrons. The van der Waals surface area contributed by atoms with Gasteiger partial charge >= 0.3 is 5.97 Å². The van der Waals surface area contributed by atoms with Crippen molar-refractivity contribution >= 4 is 5.97 Å². The average Bonchev–Trinajstić information content (AvgIpc) is 2.52. The van der Waals surface area contributed by atoms with Crippen LogP contribution in [0.3, 0.4) is 0 Å². The number of rotatable bonds is 7. The van der Waals surface area contributed by atoms with Gasteiger partial charge in [0.15, 0.2) is 0 Å². The molecular formula is C21H27FO2. The Kier molecular flexibility index (Phi) is 7.63. The van der Waals surface area contributed by atoms with E-state index in [-0.39, 0.29) is 18.2 Å². The molecule has 0 fully saturated rings. The van der Waals surface area contributed by atoms with Crippen molar-refractivity contribution in [2.75, 3.05) is 0 Å². The van der Waals surface area contributed by atoms with Gasteiger partial charge < -0.3 is 5.11 Å². The molecule has 3 heteroatoms. The van der Waals surface area contributed by atoms with E-state index in [4.69, 9.17) is 0 Å². The number of carboxylic acid groups (broad SMARTS) is 1. The quantitative estimate of drug-likeness (QED) is 0.628. The lowest BCUT2D eigenvalue weighted by Gasteiger charge is -2.18. The molecule has 1 aromatic carbocycles. The molecule has 1 atom stereocenters. The van der Waals surface area contributed by atoms with Crippen LogP contribution in [-0.4, -0.2) is 11.1 Å². The first-order valence-electron chi connectivity index (χ1n) is 8.28. The summed E-state index contributed by atoms with van der Waals surface area (Å²) in [5.41, 5.74) is 4.63. The van der Waals surface area contributed by atoms with E-state index in [1.807, 2.05) is 26.0 Å². The number of hydrogen-bond donors (Lipinski definition) is 1. The lowest BCUT2D eigenvalue weighted by Crippen LogP contribution is -2.09. The van der Waals surface area contributed by atoms with Crippen LogP contribution in [0.1, 0.15) is 57.6 Å². The smallest absolute Gasteiger partial charge is 0.304 e. The summed E-state index contributed by atoms with van der Waals surface area (Å²) in [5.74, 6) is -1.44. The van der Waals surface area contributed by atoms with E-state index in [0.29, 0.717) is 5.56 Å². The Hall–Kier alpha value is -2.16. The maximum atomic E-state index is 13.5. The van der Waals surface area contributed by atoms with Crippen LogP contribution >= 0.6 is 0 Å². The van der Waals surface area contributed by atoms with E-state index in [1.165, 1.54) is 11.6 Å². The van der Waals surface area contributed by atoms with Crippen LogP contribution in [0, 0.1) is 12.7 Å². The predicted molar refractivity (Wildman–Crippen MR) is 97.7 cm³/mol. The predicted octanol–water partition coefficient (Wildman–Crippen LogP) is 5.94. The number of carbonyl (C=O) groups is 1. The molecule has 0 aliphatic rings. The molecule has 0 saturated carbocycles. The van der Waals surface area contributed by atoms with Crippen molar-refractivity contribution in [3.05, 3.63) is 70.1 Å². The van der Waals surface area contributed by atoms with Crippen molar-refractivity contribution in [3.8, 4) is 0 Å². The lowest BCUT2D eigenvalue weighted by molar-refractivity contribution is -0.137. The minimum absolute atomic E-state index is 0.0228. The van der Waals surface area contributed by atoms with Crippen molar-refractivity contribution in [1.29, 1.82) is 0 Å². The van der Waals surface area contributed by atoms with Gasteiger partial charge in [-0.25, -0.2) is 4.39 Å². The normalized spacial score (nSPS) is 14.7. The SMILES string of the molecule is CC=C(C=C(C)C=C(C)CC)C(CC(=O)O)c1ccc(F)c(C)c1. The fourth-order valence-electron chi connectivity index (χ4n) is 2.67. The molecular weight excluding hydrogens is 303 g/mol. The molecule has 0 amide bonds. The summed E-state index contributed by atoms with van der Waals surface area (Å²) < 4.78 is 13.5. The number of hydrogen-bond acceptors (Lipinski definition) is 1. The first-order valence-corrected chi connectivity index (χ1v) is 8.28. The first kappa shape index (κ1) is 19.9. The van der Waals surface area contributed by atoms with Crippen LogP contribution in [0.25, 0.3) is 0 Å². The summed E-state index contributed by atoms with van der Waals surface area (Å²) >= 11 is 0. The fourth-order valence-corrected chi connectivity index (χ4v) is 2.67. The molecule has 1 unspecified atom stereocenters. The maximum Gasteiger partial charge on any atom is 0.304 e. The summed E-state index contributed by atoms with van der Waals surface area (Å²) in [6, 6.07) is 4.82. The lowest BCUT2D eigenvalue weighted by atomic mass is 9.86. The van der Waals surface area contributed by atoms with Gasteiger partial charge in [0, 0.05) is 5.92 Å². The Morgan fingerprint density at radius 3 is 2.46 bits per heavy atom. The highest BCUT2D eigenvalue weighted by molar-refractivity contribution is 5.69. The Morgan fingerprint density at radius 2 is 1.96 bits per heavy atom. The second kappa shape index (κ2) is 9.21. The van der Waals surface area contributed by atoms with Gasteiger partial charge in [0.05, 0.1) is 6.42 Å². The fraction of sp³-hybridized carbons (Fsp3) is 0.381. The van der Waals surface area contributed by atoms with Gasteiger partial charge in [-0.1, -0.05) is 48.4 Å². The van der Waals surface area contributed by atoms with Crippen LogP contribution in [0.2, 0.25) is 0 Å². The summed E-state index contributed by atoms with van der Waals surface area (Å²) in [4.78, 5) is 11.3. The zero-order valence-electron chi connectivity index (χ0n) is 15.2. The van der Waals surface area contributed by atoms with E-state index < -0.39 is 5.97 Å². The molecule has 1 N–H and O–H groups in total. The number of aliphatic carboxylic acids is 1. The number of allylic oxidation sites excluding steroid dienone is 6. The number of carboxylic acids is 1. The van der Waals surface area contributed by atoms with Crippen molar-refractivity contribution in [2.24, 2.45) is 0 Å². The molecule has 0 aromatic heterocycles. The highest BCUT2D eigenvalue weighted by Crippen LogP contribution is 2.31. The average molecular weight is 330 g/mol. The molecule has 2 nitrogen and oxygen atoms in total. The summed E-state index contributed by atoms with van der Waals surface area (Å²) in [6.45, 7) is 9.78. The van der Waals surface area contributed by atoms with E-state index in [0.717, 1.165) is 23.1 Å². The summed E-state index contributed by atoms with van der Waals surface area (Å²) in [6.07, 6.45) is 7.02. The van der Waals surface area contributed by atoms with Gasteiger partial charge in [-0.2, -0.15) is 0 Å². The Balaban J connectivity index is 3.29. The minimum Gasteiger partial charge on any atom is -0.481 e. The molecule has 1 aromatic rings. The standard InChI is InChI=1S/C21H27FO2/c1-6-14(3)10-15(4)11-17(7-2)19(13-21(23)24)18-8-9-20(22)16(5)12-18/h7-12,19H,6,13H2,1-5H3,(H,23,24). The van der Waals surface area contributed by atoms with E-state index in [1.54, 1.807) is 19.1 Å². The van der Waals surface area contributed by atoms with E-state index in [2.05, 4.69) is 19.9 Å². The van der Waals surface area contributed by atoms with Crippen LogP contribution in [-0.2, 0) is 4.79 Å². The Labute approximate surface area is 144 Å². The van der Waals surface area contributed by atoms with Crippen LogP contribution in [0.4, 0.5) is 4.39 Å². The molecule has 0 heterocycles. The minimum atomic E-state index is -0.868. The third-order valence-corrected chi connectivity index (χ3v) is 4.12. The van der Waals surface area contributed by atoms with Crippen molar-refractivity contribution < 1.29 is 14.3 Å². The van der Waals surface area contributed by atoms with Gasteiger partial charge in [0.2, 0.25) is 0 Å². The second-order valence-corrected chi connectivity index (χ2v) is 6.18. The topological polar surface area (TPSA) is 37.3 Å². The highest BCUT2D eigenvalue weighted by Gasteiger charge is 2.19.